The largest absolute Gasteiger partial charge is 0.497 e. The van der Waals surface area contributed by atoms with Crippen molar-refractivity contribution in [2.45, 2.75) is 0 Å². The molecule has 0 saturated heterocycles. The fourth-order valence-corrected chi connectivity index (χ4v) is 4.25. The van der Waals surface area contributed by atoms with Crippen LogP contribution in [-0.2, 0) is 0 Å². The summed E-state index contributed by atoms with van der Waals surface area (Å²) in [5, 5.41) is 0.572. The number of aromatic nitrogens is 3. The van der Waals surface area contributed by atoms with Crippen LogP contribution in [0.25, 0.3) is 38.5 Å². The van der Waals surface area contributed by atoms with Crippen molar-refractivity contribution in [3.8, 4) is 33.4 Å². The van der Waals surface area contributed by atoms with Gasteiger partial charge in [-0.3, -0.25) is 9.36 Å². The maximum Gasteiger partial charge on any atom is 0.266 e. The molecule has 0 aliphatic carbocycles. The van der Waals surface area contributed by atoms with E-state index in [-0.39, 0.29) is 5.56 Å². The zero-order chi connectivity index (χ0) is 20.5. The van der Waals surface area contributed by atoms with Gasteiger partial charge in [0, 0.05) is 5.56 Å². The van der Waals surface area contributed by atoms with Crippen LogP contribution in [-0.4, -0.2) is 21.6 Å². The second kappa shape index (κ2) is 7.57. The molecule has 0 N–H and O–H groups in total. The molecule has 0 radical (unpaired) electrons. The molecule has 0 aliphatic rings. The van der Waals surface area contributed by atoms with Gasteiger partial charge in [-0.15, -0.1) is 11.3 Å². The monoisotopic (exact) mass is 411 g/mol. The van der Waals surface area contributed by atoms with E-state index in [1.165, 1.54) is 11.3 Å². The van der Waals surface area contributed by atoms with Crippen LogP contribution in [0.2, 0.25) is 0 Å². The second-order valence-electron chi connectivity index (χ2n) is 6.69. The lowest BCUT2D eigenvalue weighted by Gasteiger charge is -2.14. The van der Waals surface area contributed by atoms with Gasteiger partial charge in [0.15, 0.2) is 5.82 Å². The summed E-state index contributed by atoms with van der Waals surface area (Å²) < 4.78 is 6.93. The maximum absolute atomic E-state index is 13.5. The fraction of sp³-hybridized carbons (Fsp3) is 0.0417. The molecule has 0 amide bonds. The van der Waals surface area contributed by atoms with E-state index in [0.29, 0.717) is 16.7 Å². The molecule has 146 valence electrons. The predicted octanol–water partition coefficient (Wildman–Crippen LogP) is 5.18. The van der Waals surface area contributed by atoms with Crippen molar-refractivity contribution < 1.29 is 4.74 Å². The van der Waals surface area contributed by atoms with Crippen molar-refractivity contribution >= 4 is 22.2 Å². The summed E-state index contributed by atoms with van der Waals surface area (Å²) in [5.41, 5.74) is 4.85. The van der Waals surface area contributed by atoms with Gasteiger partial charge in [0.1, 0.15) is 5.75 Å². The number of methoxy groups -OCH3 is 1. The van der Waals surface area contributed by atoms with Gasteiger partial charge < -0.3 is 4.74 Å². The molecule has 6 heteroatoms. The summed E-state index contributed by atoms with van der Waals surface area (Å²) in [7, 11) is 1.62. The molecular formula is C24H17N3O2S. The molecule has 5 rings (SSSR count). The minimum absolute atomic E-state index is 0.117. The Balaban J connectivity index is 1.82. The Labute approximate surface area is 176 Å². The van der Waals surface area contributed by atoms with Crippen LogP contribution in [0, 0.1) is 0 Å². The van der Waals surface area contributed by atoms with Gasteiger partial charge in [-0.2, -0.15) is 0 Å². The Morgan fingerprint density at radius 2 is 1.63 bits per heavy atom. The smallest absolute Gasteiger partial charge is 0.266 e. The van der Waals surface area contributed by atoms with Crippen LogP contribution in [0.4, 0.5) is 0 Å². The Bertz CT molecular complexity index is 1390. The van der Waals surface area contributed by atoms with Gasteiger partial charge in [-0.1, -0.05) is 42.5 Å². The number of hydrogen-bond acceptors (Lipinski definition) is 5. The summed E-state index contributed by atoms with van der Waals surface area (Å²) in [6.07, 6.45) is 0. The number of thiazole rings is 1. The SMILES string of the molecule is COc1ccc(-n2c(-c3scnc3-c3ccccc3)nc3ccccc3c2=O)cc1. The number of fused-ring (bicyclic) bond motifs is 1. The Morgan fingerprint density at radius 3 is 2.40 bits per heavy atom. The van der Waals surface area contributed by atoms with Crippen molar-refractivity contribution in [3.05, 3.63) is 94.7 Å². The van der Waals surface area contributed by atoms with Gasteiger partial charge in [-0.05, 0) is 36.4 Å². The highest BCUT2D eigenvalue weighted by atomic mass is 32.1. The van der Waals surface area contributed by atoms with Crippen molar-refractivity contribution in [2.75, 3.05) is 7.11 Å². The number of benzene rings is 3. The summed E-state index contributed by atoms with van der Waals surface area (Å²) >= 11 is 1.47. The molecule has 30 heavy (non-hydrogen) atoms. The van der Waals surface area contributed by atoms with Crippen LogP contribution < -0.4 is 10.3 Å². The van der Waals surface area contributed by atoms with E-state index in [9.17, 15) is 4.79 Å². The van der Waals surface area contributed by atoms with Crippen LogP contribution in [0.5, 0.6) is 5.75 Å². The quantitative estimate of drug-likeness (QED) is 0.409. The van der Waals surface area contributed by atoms with E-state index in [0.717, 1.165) is 27.6 Å². The average molecular weight is 411 g/mol. The number of hydrogen-bond donors (Lipinski definition) is 0. The van der Waals surface area contributed by atoms with Crippen molar-refractivity contribution in [3.63, 3.8) is 0 Å². The molecule has 5 nitrogen and oxygen atoms in total. The Kier molecular flexibility index (Phi) is 4.61. The molecule has 0 bridgehead atoms. The third kappa shape index (κ3) is 3.07. The van der Waals surface area contributed by atoms with Crippen LogP contribution in [0.1, 0.15) is 0 Å². The minimum atomic E-state index is -0.117. The zero-order valence-corrected chi connectivity index (χ0v) is 17.0. The van der Waals surface area contributed by atoms with Gasteiger partial charge in [-0.25, -0.2) is 9.97 Å². The number of nitrogens with zero attached hydrogens (tertiary/aromatic N) is 3. The lowest BCUT2D eigenvalue weighted by Crippen LogP contribution is -2.21. The summed E-state index contributed by atoms with van der Waals surface area (Å²) in [5.74, 6) is 1.30. The van der Waals surface area contributed by atoms with Crippen LogP contribution >= 0.6 is 11.3 Å². The lowest BCUT2D eigenvalue weighted by atomic mass is 10.1. The molecule has 0 aliphatic heterocycles. The van der Waals surface area contributed by atoms with Crippen molar-refractivity contribution in [1.82, 2.24) is 14.5 Å². The summed E-state index contributed by atoms with van der Waals surface area (Å²) in [6.45, 7) is 0. The molecule has 5 aromatic rings. The number of ether oxygens (including phenoxy) is 1. The third-order valence-corrected chi connectivity index (χ3v) is 5.75. The van der Waals surface area contributed by atoms with E-state index in [2.05, 4.69) is 4.98 Å². The molecule has 0 fully saturated rings. The Morgan fingerprint density at radius 1 is 0.900 bits per heavy atom. The van der Waals surface area contributed by atoms with Gasteiger partial charge >= 0.3 is 0 Å². The van der Waals surface area contributed by atoms with E-state index >= 15 is 0 Å². The topological polar surface area (TPSA) is 57.0 Å². The van der Waals surface area contributed by atoms with Crippen molar-refractivity contribution in [1.29, 1.82) is 0 Å². The first-order valence-corrected chi connectivity index (χ1v) is 10.3. The first-order chi connectivity index (χ1) is 14.8. The van der Waals surface area contributed by atoms with Gasteiger partial charge in [0.25, 0.3) is 5.56 Å². The normalized spacial score (nSPS) is 11.0. The Hall–Kier alpha value is -3.77. The number of para-hydroxylation sites is 1. The molecule has 3 aromatic carbocycles. The van der Waals surface area contributed by atoms with E-state index < -0.39 is 0 Å². The average Bonchev–Trinajstić information content (AvgIpc) is 3.30. The third-order valence-electron chi connectivity index (χ3n) is 4.92. The maximum atomic E-state index is 13.5. The van der Waals surface area contributed by atoms with Crippen LogP contribution in [0.3, 0.4) is 0 Å². The van der Waals surface area contributed by atoms with Gasteiger partial charge in [0.2, 0.25) is 0 Å². The van der Waals surface area contributed by atoms with E-state index in [4.69, 9.17) is 9.72 Å². The number of rotatable bonds is 4. The highest BCUT2D eigenvalue weighted by molar-refractivity contribution is 7.13. The molecule has 0 atom stereocenters. The summed E-state index contributed by atoms with van der Waals surface area (Å²) in [6, 6.07) is 24.8. The summed E-state index contributed by atoms with van der Waals surface area (Å²) in [4.78, 5) is 23.8. The molecule has 0 unspecified atom stereocenters. The predicted molar refractivity (Wildman–Crippen MR) is 120 cm³/mol. The minimum Gasteiger partial charge on any atom is -0.497 e. The molecule has 2 aromatic heterocycles. The molecule has 0 saturated carbocycles. The first kappa shape index (κ1) is 18.3. The standard InChI is InChI=1S/C24H17N3O2S/c1-29-18-13-11-17(12-14-18)27-23(26-20-10-6-5-9-19(20)24(27)28)22-21(25-15-30-22)16-7-3-2-4-8-16/h2-15H,1H3. The van der Waals surface area contributed by atoms with Crippen molar-refractivity contribution in [2.24, 2.45) is 0 Å². The second-order valence-corrected chi connectivity index (χ2v) is 7.54. The highest BCUT2D eigenvalue weighted by Crippen LogP contribution is 2.34. The lowest BCUT2D eigenvalue weighted by molar-refractivity contribution is 0.414. The molecule has 2 heterocycles. The molecular weight excluding hydrogens is 394 g/mol. The van der Waals surface area contributed by atoms with Crippen LogP contribution in [0.15, 0.2) is 89.2 Å². The van der Waals surface area contributed by atoms with E-state index in [1.807, 2.05) is 72.8 Å². The highest BCUT2D eigenvalue weighted by Gasteiger charge is 2.20. The van der Waals surface area contributed by atoms with Gasteiger partial charge in [0.05, 0.1) is 39.8 Å². The zero-order valence-electron chi connectivity index (χ0n) is 16.1. The fourth-order valence-electron chi connectivity index (χ4n) is 3.46. The first-order valence-electron chi connectivity index (χ1n) is 9.42. The molecule has 0 spiro atoms. The van der Waals surface area contributed by atoms with E-state index in [1.54, 1.807) is 23.3 Å².